The zero-order chi connectivity index (χ0) is 39.5. The van der Waals surface area contributed by atoms with Crippen LogP contribution in [0, 0.1) is 46.1 Å². The molecule has 2 saturated heterocycles. The van der Waals surface area contributed by atoms with Crippen molar-refractivity contribution in [1.29, 1.82) is 0 Å². The standard InChI is InChI=1S/C41H34ClN5O8S/c1-19-26-16-20(42)8-15-31(26)56-36(19)29-18-32(44(3)43-29)46-38(50)28-17-27-23(34(41(28,2)40(46)52)25-6-5-7-30(55-4)35(25)48)13-14-24-33(27)39(51)45(37(24)49)21-9-11-22(12-10-21)47(53)54/h5-13,15-16,18,24,27-28,33-34,48H,14,17H2,1-4H3. The lowest BCUT2D eigenvalue weighted by molar-refractivity contribution is -0.384. The minimum absolute atomic E-state index is 0.0970. The van der Waals surface area contributed by atoms with Crippen LogP contribution >= 0.6 is 22.9 Å². The number of fused-ring (bicyclic) bond motifs is 5. The van der Waals surface area contributed by atoms with E-state index in [0.29, 0.717) is 21.9 Å². The Kier molecular flexibility index (Phi) is 8.05. The maximum Gasteiger partial charge on any atom is 0.269 e. The fourth-order valence-electron chi connectivity index (χ4n) is 9.71. The summed E-state index contributed by atoms with van der Waals surface area (Å²) in [6.07, 6.45) is 2.17. The topological polar surface area (TPSA) is 165 Å². The Morgan fingerprint density at radius 1 is 1.00 bits per heavy atom. The quantitative estimate of drug-likeness (QED) is 0.0803. The number of hydrogen-bond acceptors (Lipinski definition) is 10. The van der Waals surface area contributed by atoms with Crippen LogP contribution in [0.1, 0.15) is 36.8 Å². The fourth-order valence-corrected chi connectivity index (χ4v) is 11.0. The van der Waals surface area contributed by atoms with E-state index >= 15 is 4.79 Å². The number of ether oxygens (including phenoxy) is 1. The maximum atomic E-state index is 15.1. The van der Waals surface area contributed by atoms with Crippen molar-refractivity contribution in [3.63, 3.8) is 0 Å². The number of amides is 4. The van der Waals surface area contributed by atoms with Gasteiger partial charge in [0.15, 0.2) is 11.5 Å². The number of aryl methyl sites for hydroxylation is 2. The predicted molar refractivity (Wildman–Crippen MR) is 209 cm³/mol. The number of rotatable bonds is 6. The molecule has 284 valence electrons. The molecule has 4 aliphatic rings. The van der Waals surface area contributed by atoms with Crippen LogP contribution in [0.2, 0.25) is 5.02 Å². The van der Waals surface area contributed by atoms with Crippen molar-refractivity contribution in [2.45, 2.75) is 32.6 Å². The number of nitro groups is 1. The molecular weight excluding hydrogens is 758 g/mol. The molecule has 13 nitrogen and oxygen atoms in total. The SMILES string of the molecule is COc1cccc(C2C3=CCC4C(=O)N(c5ccc([N+](=O)[O-])cc5)C(=O)C4C3CC3C(=O)N(c4cc(-c5sc6ccc(Cl)cc6c5C)nn4C)C(=O)C32C)c1O. The van der Waals surface area contributed by atoms with Gasteiger partial charge in [0.1, 0.15) is 11.5 Å². The van der Waals surface area contributed by atoms with Gasteiger partial charge in [0, 0.05) is 46.5 Å². The highest BCUT2D eigenvalue weighted by Gasteiger charge is 2.68. The van der Waals surface area contributed by atoms with Gasteiger partial charge in [-0.05, 0) is 80.0 Å². The largest absolute Gasteiger partial charge is 0.504 e. The van der Waals surface area contributed by atoms with E-state index in [1.54, 1.807) is 38.2 Å². The highest BCUT2D eigenvalue weighted by Crippen LogP contribution is 2.65. The number of non-ortho nitro benzene ring substituents is 1. The highest BCUT2D eigenvalue weighted by molar-refractivity contribution is 7.22. The van der Waals surface area contributed by atoms with E-state index in [1.165, 1.54) is 52.3 Å². The number of imide groups is 2. The Bertz CT molecular complexity index is 2620. The summed E-state index contributed by atoms with van der Waals surface area (Å²) in [6.45, 7) is 3.72. The van der Waals surface area contributed by atoms with Crippen LogP contribution in [0.4, 0.5) is 17.2 Å². The number of carbonyl (C=O) groups excluding carboxylic acids is 4. The first-order chi connectivity index (χ1) is 26.8. The predicted octanol–water partition coefficient (Wildman–Crippen LogP) is 7.32. The van der Waals surface area contributed by atoms with Gasteiger partial charge in [-0.25, -0.2) is 4.90 Å². The molecule has 0 spiro atoms. The molecular formula is C41H34ClN5O8S. The normalized spacial score (nSPS) is 25.7. The molecule has 4 heterocycles. The first-order valence-electron chi connectivity index (χ1n) is 18.1. The van der Waals surface area contributed by atoms with Gasteiger partial charge in [-0.15, -0.1) is 11.3 Å². The maximum absolute atomic E-state index is 15.1. The summed E-state index contributed by atoms with van der Waals surface area (Å²) in [5.74, 6) is -5.68. The summed E-state index contributed by atoms with van der Waals surface area (Å²) in [6, 6.07) is 17.6. The third kappa shape index (κ3) is 4.87. The Morgan fingerprint density at radius 2 is 1.75 bits per heavy atom. The number of allylic oxidation sites excluding steroid dienone is 2. The second kappa shape index (κ2) is 12.6. The van der Waals surface area contributed by atoms with Gasteiger partial charge in [-0.2, -0.15) is 5.10 Å². The van der Waals surface area contributed by atoms with Crippen molar-refractivity contribution >= 4 is 73.8 Å². The van der Waals surface area contributed by atoms with Crippen LogP contribution in [0.3, 0.4) is 0 Å². The molecule has 3 aromatic carbocycles. The summed E-state index contributed by atoms with van der Waals surface area (Å²) >= 11 is 7.84. The lowest BCUT2D eigenvalue weighted by Gasteiger charge is -2.49. The molecule has 1 N–H and O–H groups in total. The van der Waals surface area contributed by atoms with Crippen molar-refractivity contribution in [3.8, 4) is 22.1 Å². The Labute approximate surface area is 328 Å². The molecule has 56 heavy (non-hydrogen) atoms. The van der Waals surface area contributed by atoms with Gasteiger partial charge in [0.05, 0.1) is 45.8 Å². The van der Waals surface area contributed by atoms with Crippen molar-refractivity contribution in [2.75, 3.05) is 16.9 Å². The first-order valence-corrected chi connectivity index (χ1v) is 19.2. The van der Waals surface area contributed by atoms with Crippen LogP contribution < -0.4 is 14.5 Å². The summed E-state index contributed by atoms with van der Waals surface area (Å²) < 4.78 is 8.02. The van der Waals surface area contributed by atoms with Crippen molar-refractivity contribution in [1.82, 2.24) is 9.78 Å². The zero-order valence-corrected chi connectivity index (χ0v) is 32.1. The van der Waals surface area contributed by atoms with E-state index in [1.807, 2.05) is 31.2 Å². The lowest BCUT2D eigenvalue weighted by Crippen LogP contribution is -2.49. The Morgan fingerprint density at radius 3 is 2.46 bits per heavy atom. The average molecular weight is 792 g/mol. The molecule has 6 atom stereocenters. The molecule has 3 fully saturated rings. The van der Waals surface area contributed by atoms with Gasteiger partial charge in [-0.1, -0.05) is 35.4 Å². The lowest BCUT2D eigenvalue weighted by atomic mass is 9.51. The zero-order valence-electron chi connectivity index (χ0n) is 30.6. The molecule has 9 rings (SSSR count). The highest BCUT2D eigenvalue weighted by atomic mass is 35.5. The van der Waals surface area contributed by atoms with E-state index in [0.717, 1.165) is 25.4 Å². The molecule has 6 unspecified atom stereocenters. The van der Waals surface area contributed by atoms with Gasteiger partial charge >= 0.3 is 0 Å². The number of thiophene rings is 1. The van der Waals surface area contributed by atoms with E-state index in [9.17, 15) is 29.6 Å². The van der Waals surface area contributed by atoms with Gasteiger partial charge in [-0.3, -0.25) is 38.9 Å². The molecule has 15 heteroatoms. The number of anilines is 2. The van der Waals surface area contributed by atoms with Crippen LogP contribution in [-0.4, -0.2) is 50.5 Å². The summed E-state index contributed by atoms with van der Waals surface area (Å²) in [5.41, 5.74) is 1.22. The minimum Gasteiger partial charge on any atom is -0.504 e. The monoisotopic (exact) mass is 791 g/mol. The van der Waals surface area contributed by atoms with Gasteiger partial charge in [0.2, 0.25) is 23.6 Å². The Hall–Kier alpha value is -5.86. The second-order valence-electron chi connectivity index (χ2n) is 15.1. The number of aromatic hydroxyl groups is 1. The van der Waals surface area contributed by atoms with Crippen molar-refractivity contribution < 1.29 is 33.9 Å². The molecule has 0 radical (unpaired) electrons. The third-order valence-electron chi connectivity index (χ3n) is 12.4. The number of benzene rings is 3. The molecule has 2 aliphatic carbocycles. The number of methoxy groups -OCH3 is 1. The number of hydrogen-bond donors (Lipinski definition) is 1. The fraction of sp³-hybridized carbons (Fsp3) is 0.293. The number of nitro benzene ring substituents is 1. The number of phenolic OH excluding ortho intramolecular Hbond substituents is 1. The van der Waals surface area contributed by atoms with Crippen molar-refractivity contribution in [3.05, 3.63) is 105 Å². The molecule has 5 aromatic rings. The summed E-state index contributed by atoms with van der Waals surface area (Å²) in [4.78, 5) is 72.3. The second-order valence-corrected chi connectivity index (χ2v) is 16.5. The minimum atomic E-state index is -1.42. The van der Waals surface area contributed by atoms with E-state index < -0.39 is 63.6 Å². The van der Waals surface area contributed by atoms with Gasteiger partial charge < -0.3 is 9.84 Å². The van der Waals surface area contributed by atoms with Crippen molar-refractivity contribution in [2.24, 2.45) is 36.1 Å². The molecule has 2 aromatic heterocycles. The van der Waals surface area contributed by atoms with E-state index in [4.69, 9.17) is 21.4 Å². The van der Waals surface area contributed by atoms with Crippen LogP contribution in [-0.2, 0) is 26.2 Å². The molecule has 2 aliphatic heterocycles. The van der Waals surface area contributed by atoms with Crippen LogP contribution in [0.25, 0.3) is 20.7 Å². The number of nitrogens with zero attached hydrogens (tertiary/aromatic N) is 5. The molecule has 0 bridgehead atoms. The Balaban J connectivity index is 1.15. The number of carbonyl (C=O) groups is 4. The van der Waals surface area contributed by atoms with Crippen LogP contribution in [0.15, 0.2) is 78.4 Å². The van der Waals surface area contributed by atoms with E-state index in [2.05, 4.69) is 0 Å². The summed E-state index contributed by atoms with van der Waals surface area (Å²) in [7, 11) is 3.10. The average Bonchev–Trinajstić information content (AvgIpc) is 3.85. The number of phenols is 1. The van der Waals surface area contributed by atoms with E-state index in [-0.39, 0.29) is 41.5 Å². The molecule has 4 amide bonds. The number of aromatic nitrogens is 2. The third-order valence-corrected chi connectivity index (χ3v) is 13.9. The number of halogens is 1. The smallest absolute Gasteiger partial charge is 0.269 e. The molecule has 1 saturated carbocycles. The summed E-state index contributed by atoms with van der Waals surface area (Å²) in [5, 5.41) is 29.3. The van der Waals surface area contributed by atoms with Crippen LogP contribution in [0.5, 0.6) is 11.5 Å². The first kappa shape index (κ1) is 35.8. The van der Waals surface area contributed by atoms with Gasteiger partial charge in [0.25, 0.3) is 5.69 Å². The number of para-hydroxylation sites is 1.